The second-order valence-corrected chi connectivity index (χ2v) is 9.95. The first-order chi connectivity index (χ1) is 14.7. The highest BCUT2D eigenvalue weighted by Crippen LogP contribution is 2.27. The van der Waals surface area contributed by atoms with E-state index in [1.165, 1.54) is 23.1 Å². The van der Waals surface area contributed by atoms with E-state index in [9.17, 15) is 26.4 Å². The number of ether oxygens (including phenoxy) is 2. The first kappa shape index (κ1) is 26.2. The molecule has 2 rings (SSSR count). The van der Waals surface area contributed by atoms with Crippen molar-refractivity contribution in [2.45, 2.75) is 32.2 Å². The number of hydrogen-bond acceptors (Lipinski definition) is 6. The number of sulfonamides is 1. The van der Waals surface area contributed by atoms with Crippen LogP contribution in [0.2, 0.25) is 0 Å². The maximum Gasteiger partial charge on any atom is 0.404 e. The highest BCUT2D eigenvalue weighted by molar-refractivity contribution is 7.92. The molecule has 0 bridgehead atoms. The van der Waals surface area contributed by atoms with E-state index in [-0.39, 0.29) is 48.2 Å². The van der Waals surface area contributed by atoms with E-state index in [0.29, 0.717) is 0 Å². The third-order valence-electron chi connectivity index (χ3n) is 5.38. The van der Waals surface area contributed by atoms with Crippen molar-refractivity contribution in [3.8, 4) is 5.75 Å². The molecule has 1 aliphatic rings. The lowest BCUT2D eigenvalue weighted by atomic mass is 10.0. The molecule has 8 nitrogen and oxygen atoms in total. The number of nitrogens with zero attached hydrogens (tertiary/aromatic N) is 2. The summed E-state index contributed by atoms with van der Waals surface area (Å²) < 4.78 is 74.7. The van der Waals surface area contributed by atoms with Crippen LogP contribution >= 0.6 is 0 Å². The first-order valence-electron chi connectivity index (χ1n) is 10.0. The van der Waals surface area contributed by atoms with Gasteiger partial charge in [-0.3, -0.25) is 14.4 Å². The third kappa shape index (κ3) is 7.24. The summed E-state index contributed by atoms with van der Waals surface area (Å²) in [5.41, 5.74) is -0.120. The molecule has 0 radical (unpaired) electrons. The number of likely N-dealkylation sites (N-methyl/N-ethyl adjacent to an activating group) is 2. The Morgan fingerprint density at radius 1 is 1.22 bits per heavy atom. The van der Waals surface area contributed by atoms with Gasteiger partial charge in [0.2, 0.25) is 10.0 Å². The molecule has 1 N–H and O–H groups in total. The lowest BCUT2D eigenvalue weighted by Crippen LogP contribution is -2.45. The maximum atomic E-state index is 13.1. The molecule has 3 atom stereocenters. The van der Waals surface area contributed by atoms with Gasteiger partial charge in [0.1, 0.15) is 12.4 Å². The van der Waals surface area contributed by atoms with Crippen molar-refractivity contribution in [3.05, 3.63) is 23.8 Å². The molecule has 12 heteroatoms. The van der Waals surface area contributed by atoms with Gasteiger partial charge in [0, 0.05) is 39.0 Å². The van der Waals surface area contributed by atoms with Gasteiger partial charge >= 0.3 is 6.18 Å². The third-order valence-corrected chi connectivity index (χ3v) is 6.64. The van der Waals surface area contributed by atoms with Crippen LogP contribution in [0.4, 0.5) is 18.9 Å². The van der Waals surface area contributed by atoms with Gasteiger partial charge in [-0.25, -0.2) is 8.42 Å². The summed E-state index contributed by atoms with van der Waals surface area (Å²) in [6.45, 7) is 5.22. The Hall–Kier alpha value is -2.05. The number of carbonyl (C=O) groups is 1. The van der Waals surface area contributed by atoms with Crippen LogP contribution in [0, 0.1) is 5.92 Å². The molecule has 0 aliphatic carbocycles. The molecule has 0 saturated heterocycles. The molecule has 182 valence electrons. The zero-order chi connectivity index (χ0) is 24.3. The van der Waals surface area contributed by atoms with E-state index in [2.05, 4.69) is 4.90 Å². The minimum atomic E-state index is -4.89. The molecule has 1 heterocycles. The summed E-state index contributed by atoms with van der Waals surface area (Å²) in [6, 6.07) is 3.83. The van der Waals surface area contributed by atoms with Crippen molar-refractivity contribution in [2.24, 2.45) is 5.92 Å². The minimum absolute atomic E-state index is 0.0000270. The topological polar surface area (TPSA) is 88.2 Å². The number of anilines is 1. The first-order valence-corrected chi connectivity index (χ1v) is 11.7. The van der Waals surface area contributed by atoms with Crippen LogP contribution in [0.15, 0.2) is 18.2 Å². The summed E-state index contributed by atoms with van der Waals surface area (Å²) in [6.07, 6.45) is -5.15. The van der Waals surface area contributed by atoms with Crippen molar-refractivity contribution < 1.29 is 35.9 Å². The Morgan fingerprint density at radius 3 is 2.47 bits per heavy atom. The molecule has 1 aromatic carbocycles. The van der Waals surface area contributed by atoms with E-state index in [1.54, 1.807) is 14.2 Å². The lowest BCUT2D eigenvalue weighted by molar-refractivity contribution is -0.106. The van der Waals surface area contributed by atoms with Crippen LogP contribution in [-0.4, -0.2) is 89.1 Å². The number of hydrogen-bond donors (Lipinski definition) is 1. The van der Waals surface area contributed by atoms with Gasteiger partial charge in [0.05, 0.1) is 11.7 Å². The zero-order valence-electron chi connectivity index (χ0n) is 18.8. The molecule has 1 amide bonds. The van der Waals surface area contributed by atoms with Gasteiger partial charge in [0.15, 0.2) is 5.75 Å². The van der Waals surface area contributed by atoms with Crippen molar-refractivity contribution in [1.29, 1.82) is 0 Å². The van der Waals surface area contributed by atoms with Gasteiger partial charge in [-0.15, -0.1) is 0 Å². The normalized spacial score (nSPS) is 24.2. The fourth-order valence-corrected chi connectivity index (χ4v) is 4.44. The maximum absolute atomic E-state index is 13.1. The molecule has 0 saturated carbocycles. The van der Waals surface area contributed by atoms with Gasteiger partial charge in [0.25, 0.3) is 5.91 Å². The van der Waals surface area contributed by atoms with Gasteiger partial charge in [-0.1, -0.05) is 6.92 Å². The second-order valence-electron chi connectivity index (χ2n) is 8.22. The largest absolute Gasteiger partial charge is 0.491 e. The van der Waals surface area contributed by atoms with Gasteiger partial charge in [-0.05, 0) is 38.1 Å². The van der Waals surface area contributed by atoms with Crippen molar-refractivity contribution in [3.63, 3.8) is 0 Å². The van der Waals surface area contributed by atoms with E-state index in [1.807, 2.05) is 25.6 Å². The average molecular weight is 482 g/mol. The Morgan fingerprint density at radius 2 is 1.88 bits per heavy atom. The molecule has 0 aromatic heterocycles. The van der Waals surface area contributed by atoms with Crippen LogP contribution in [0.5, 0.6) is 5.75 Å². The predicted octanol–water partition coefficient (Wildman–Crippen LogP) is 2.43. The highest BCUT2D eigenvalue weighted by atomic mass is 32.2. The Kier molecular flexibility index (Phi) is 8.40. The van der Waals surface area contributed by atoms with Crippen molar-refractivity contribution in [1.82, 2.24) is 9.80 Å². The molecule has 1 aromatic rings. The van der Waals surface area contributed by atoms with Crippen LogP contribution < -0.4 is 9.46 Å². The number of alkyl halides is 3. The molecular weight excluding hydrogens is 451 g/mol. The van der Waals surface area contributed by atoms with Crippen LogP contribution in [0.3, 0.4) is 0 Å². The summed E-state index contributed by atoms with van der Waals surface area (Å²) in [5.74, 6) is -2.18. The van der Waals surface area contributed by atoms with E-state index in [0.717, 1.165) is 6.54 Å². The molecule has 0 fully saturated rings. The second kappa shape index (κ2) is 10.3. The molecule has 0 spiro atoms. The summed E-state index contributed by atoms with van der Waals surface area (Å²) in [7, 11) is 0.404. The number of nitrogens with one attached hydrogen (secondary N) is 1. The predicted molar refractivity (Wildman–Crippen MR) is 114 cm³/mol. The fourth-order valence-electron chi connectivity index (χ4n) is 3.45. The van der Waals surface area contributed by atoms with Crippen LogP contribution in [0.1, 0.15) is 24.2 Å². The molecule has 0 unspecified atom stereocenters. The minimum Gasteiger partial charge on any atom is -0.491 e. The molecule has 32 heavy (non-hydrogen) atoms. The lowest BCUT2D eigenvalue weighted by Gasteiger charge is -2.34. The molecular formula is C20H30F3N3O5S. The van der Waals surface area contributed by atoms with Crippen LogP contribution in [-0.2, 0) is 14.8 Å². The van der Waals surface area contributed by atoms with Crippen molar-refractivity contribution >= 4 is 21.6 Å². The number of amides is 1. The summed E-state index contributed by atoms with van der Waals surface area (Å²) >= 11 is 0. The Balaban J connectivity index is 2.41. The number of fused-ring (bicyclic) bond motifs is 1. The van der Waals surface area contributed by atoms with E-state index < -0.39 is 27.9 Å². The summed E-state index contributed by atoms with van der Waals surface area (Å²) in [5, 5.41) is 0. The Labute approximate surface area is 186 Å². The standard InChI is InChI=1S/C20H30F3N3O5S/c1-13-9-25(3)14(2)11-31-17-7-6-15(24-32(28,29)12-20(21,22)23)8-16(17)19(27)26(4)10-18(13)30-5/h6-8,13-14,18,24H,9-12H2,1-5H3/t13-,14-,18+/m1/s1. The summed E-state index contributed by atoms with van der Waals surface area (Å²) in [4.78, 5) is 16.7. The Bertz CT molecular complexity index is 910. The van der Waals surface area contributed by atoms with E-state index >= 15 is 0 Å². The highest BCUT2D eigenvalue weighted by Gasteiger charge is 2.35. The fraction of sp³-hybridized carbons (Fsp3) is 0.650. The number of halogens is 3. The number of rotatable bonds is 4. The van der Waals surface area contributed by atoms with E-state index in [4.69, 9.17) is 9.47 Å². The van der Waals surface area contributed by atoms with Gasteiger partial charge in [-0.2, -0.15) is 13.2 Å². The number of methoxy groups -OCH3 is 1. The van der Waals surface area contributed by atoms with Crippen LogP contribution in [0.25, 0.3) is 0 Å². The molecule has 1 aliphatic heterocycles. The van der Waals surface area contributed by atoms with Gasteiger partial charge < -0.3 is 14.4 Å². The quantitative estimate of drug-likeness (QED) is 0.711. The number of carbonyl (C=O) groups excluding carboxylic acids is 1. The monoisotopic (exact) mass is 481 g/mol. The smallest absolute Gasteiger partial charge is 0.404 e. The average Bonchev–Trinajstić information content (AvgIpc) is 2.66. The number of benzene rings is 1. The van der Waals surface area contributed by atoms with Crippen molar-refractivity contribution in [2.75, 3.05) is 51.4 Å². The zero-order valence-corrected chi connectivity index (χ0v) is 19.6. The SMILES string of the molecule is CO[C@H]1CN(C)C(=O)c2cc(NS(=O)(=O)CC(F)(F)F)ccc2OC[C@@H](C)N(C)C[C@H]1C.